The Hall–Kier alpha value is -2.06. The van der Waals surface area contributed by atoms with Crippen LogP contribution in [0.1, 0.15) is 33.8 Å². The predicted octanol–water partition coefficient (Wildman–Crippen LogP) is 3.39. The Bertz CT molecular complexity index is 639. The highest BCUT2D eigenvalue weighted by Crippen LogP contribution is 2.29. The number of hydrogen-bond donors (Lipinski definition) is 2. The summed E-state index contributed by atoms with van der Waals surface area (Å²) in [4.78, 5) is 6.76. The van der Waals surface area contributed by atoms with E-state index in [2.05, 4.69) is 43.2 Å². The Kier molecular flexibility index (Phi) is 3.72. The van der Waals surface area contributed by atoms with E-state index in [1.54, 1.807) is 23.6 Å². The zero-order chi connectivity index (χ0) is 14.0. The third-order valence-corrected chi connectivity index (χ3v) is 3.91. The maximum absolute atomic E-state index is 9.10. The highest BCUT2D eigenvalue weighted by Gasteiger charge is 2.13. The van der Waals surface area contributed by atoms with Crippen molar-refractivity contribution in [3.63, 3.8) is 0 Å². The standard InChI is InChI=1S/C14H16N4S/c1-8-4-13(10(3)19-8)9(2)18-14-11(6-15)5-12(16)7-17-14/h4-5,7,9H,16H2,1-3H3,(H,17,18). The monoisotopic (exact) mass is 272 g/mol. The van der Waals surface area contributed by atoms with Crippen LogP contribution in [0.25, 0.3) is 0 Å². The fraction of sp³-hybridized carbons (Fsp3) is 0.286. The Morgan fingerprint density at radius 1 is 1.42 bits per heavy atom. The molecule has 0 aromatic carbocycles. The number of rotatable bonds is 3. The van der Waals surface area contributed by atoms with Crippen molar-refractivity contribution in [1.29, 1.82) is 5.26 Å². The molecular formula is C14H16N4S. The van der Waals surface area contributed by atoms with E-state index in [9.17, 15) is 0 Å². The number of thiophene rings is 1. The van der Waals surface area contributed by atoms with Crippen LogP contribution in [0, 0.1) is 25.2 Å². The summed E-state index contributed by atoms with van der Waals surface area (Å²) in [7, 11) is 0. The van der Waals surface area contributed by atoms with Crippen molar-refractivity contribution in [3.8, 4) is 6.07 Å². The largest absolute Gasteiger partial charge is 0.397 e. The molecule has 1 atom stereocenters. The lowest BCUT2D eigenvalue weighted by atomic mass is 10.1. The van der Waals surface area contributed by atoms with Crippen LogP contribution >= 0.6 is 11.3 Å². The second kappa shape index (κ2) is 5.29. The van der Waals surface area contributed by atoms with Gasteiger partial charge in [-0.1, -0.05) is 0 Å². The molecule has 2 aromatic heterocycles. The molecule has 5 heteroatoms. The summed E-state index contributed by atoms with van der Waals surface area (Å²) in [5, 5.41) is 12.4. The van der Waals surface area contributed by atoms with E-state index in [0.717, 1.165) is 0 Å². The minimum atomic E-state index is 0.105. The van der Waals surface area contributed by atoms with Gasteiger partial charge in [-0.05, 0) is 38.5 Å². The van der Waals surface area contributed by atoms with Crippen LogP contribution in [0.2, 0.25) is 0 Å². The summed E-state index contributed by atoms with van der Waals surface area (Å²) in [6.45, 7) is 6.26. The van der Waals surface area contributed by atoms with Crippen molar-refractivity contribution in [3.05, 3.63) is 39.2 Å². The van der Waals surface area contributed by atoms with Gasteiger partial charge in [0.2, 0.25) is 0 Å². The summed E-state index contributed by atoms with van der Waals surface area (Å²) in [5.74, 6) is 0.576. The van der Waals surface area contributed by atoms with Crippen molar-refractivity contribution in [2.75, 3.05) is 11.1 Å². The third-order valence-electron chi connectivity index (χ3n) is 2.93. The van der Waals surface area contributed by atoms with E-state index in [1.807, 2.05) is 0 Å². The third kappa shape index (κ3) is 2.85. The van der Waals surface area contributed by atoms with Gasteiger partial charge < -0.3 is 11.1 Å². The first kappa shape index (κ1) is 13.4. The zero-order valence-electron chi connectivity index (χ0n) is 11.2. The van der Waals surface area contributed by atoms with Crippen LogP contribution in [0.5, 0.6) is 0 Å². The molecule has 2 rings (SSSR count). The first-order chi connectivity index (χ1) is 9.01. The quantitative estimate of drug-likeness (QED) is 0.898. The van der Waals surface area contributed by atoms with Gasteiger partial charge in [-0.15, -0.1) is 11.3 Å². The molecule has 98 valence electrons. The Balaban J connectivity index is 2.27. The molecule has 0 amide bonds. The van der Waals surface area contributed by atoms with Gasteiger partial charge in [0.05, 0.1) is 23.5 Å². The van der Waals surface area contributed by atoms with Crippen molar-refractivity contribution >= 4 is 22.8 Å². The molecule has 0 aliphatic rings. The van der Waals surface area contributed by atoms with Gasteiger partial charge in [-0.25, -0.2) is 4.98 Å². The van der Waals surface area contributed by atoms with Gasteiger partial charge in [-0.2, -0.15) is 5.26 Å². The van der Waals surface area contributed by atoms with Gasteiger partial charge in [-0.3, -0.25) is 0 Å². The summed E-state index contributed by atoms with van der Waals surface area (Å²) >= 11 is 1.78. The lowest BCUT2D eigenvalue weighted by molar-refractivity contribution is 0.871. The van der Waals surface area contributed by atoms with Crippen LogP contribution in [-0.2, 0) is 0 Å². The number of nitriles is 1. The molecule has 0 radical (unpaired) electrons. The smallest absolute Gasteiger partial charge is 0.144 e. The summed E-state index contributed by atoms with van der Waals surface area (Å²) in [6, 6.07) is 6.02. The number of nitrogens with zero attached hydrogens (tertiary/aromatic N) is 2. The number of anilines is 2. The van der Waals surface area contributed by atoms with Crippen LogP contribution in [0.4, 0.5) is 11.5 Å². The molecule has 0 saturated heterocycles. The summed E-state index contributed by atoms with van der Waals surface area (Å²) < 4.78 is 0. The SMILES string of the molecule is Cc1cc(C(C)Nc2ncc(N)cc2C#N)c(C)s1. The molecule has 0 aliphatic heterocycles. The van der Waals surface area contributed by atoms with Gasteiger partial charge in [0.25, 0.3) is 0 Å². The average molecular weight is 272 g/mol. The lowest BCUT2D eigenvalue weighted by Crippen LogP contribution is -2.09. The number of aromatic nitrogens is 1. The van der Waals surface area contributed by atoms with E-state index >= 15 is 0 Å². The molecule has 4 nitrogen and oxygen atoms in total. The van der Waals surface area contributed by atoms with Crippen molar-refractivity contribution < 1.29 is 0 Å². The van der Waals surface area contributed by atoms with E-state index in [1.165, 1.54) is 15.3 Å². The molecule has 3 N–H and O–H groups in total. The van der Waals surface area contributed by atoms with Crippen LogP contribution in [0.3, 0.4) is 0 Å². The number of hydrogen-bond acceptors (Lipinski definition) is 5. The maximum atomic E-state index is 9.10. The second-order valence-corrected chi connectivity index (χ2v) is 5.97. The first-order valence-electron chi connectivity index (χ1n) is 6.00. The number of nitrogen functional groups attached to an aromatic ring is 1. The van der Waals surface area contributed by atoms with E-state index in [0.29, 0.717) is 17.1 Å². The number of pyridine rings is 1. The Morgan fingerprint density at radius 3 is 2.74 bits per heavy atom. The lowest BCUT2D eigenvalue weighted by Gasteiger charge is -2.15. The average Bonchev–Trinajstić information content (AvgIpc) is 2.70. The molecule has 1 unspecified atom stereocenters. The molecule has 19 heavy (non-hydrogen) atoms. The Labute approximate surface area is 116 Å². The summed E-state index contributed by atoms with van der Waals surface area (Å²) in [6.07, 6.45) is 1.56. The molecule has 0 fully saturated rings. The fourth-order valence-corrected chi connectivity index (χ4v) is 3.07. The van der Waals surface area contributed by atoms with Crippen LogP contribution < -0.4 is 11.1 Å². The van der Waals surface area contributed by atoms with Gasteiger partial charge in [0, 0.05) is 9.75 Å². The summed E-state index contributed by atoms with van der Waals surface area (Å²) in [5.41, 5.74) is 7.84. The molecule has 0 aliphatic carbocycles. The second-order valence-electron chi connectivity index (χ2n) is 4.51. The minimum Gasteiger partial charge on any atom is -0.397 e. The van der Waals surface area contributed by atoms with Crippen LogP contribution in [0.15, 0.2) is 18.3 Å². The number of nitrogens with one attached hydrogen (secondary N) is 1. The predicted molar refractivity (Wildman–Crippen MR) is 79.2 cm³/mol. The number of nitrogens with two attached hydrogens (primary N) is 1. The van der Waals surface area contributed by atoms with Crippen LogP contribution in [-0.4, -0.2) is 4.98 Å². The molecule has 0 saturated carbocycles. The van der Waals surface area contributed by atoms with Gasteiger partial charge in [0.15, 0.2) is 0 Å². The van der Waals surface area contributed by atoms with Crippen molar-refractivity contribution in [2.45, 2.75) is 26.8 Å². The van der Waals surface area contributed by atoms with Crippen molar-refractivity contribution in [1.82, 2.24) is 4.98 Å². The normalized spacial score (nSPS) is 11.9. The highest BCUT2D eigenvalue weighted by atomic mass is 32.1. The van der Waals surface area contributed by atoms with Crippen molar-refractivity contribution in [2.24, 2.45) is 0 Å². The van der Waals surface area contributed by atoms with Gasteiger partial charge in [0.1, 0.15) is 11.9 Å². The fourth-order valence-electron chi connectivity index (χ4n) is 2.04. The molecule has 0 spiro atoms. The van der Waals surface area contributed by atoms with E-state index in [4.69, 9.17) is 11.0 Å². The molecule has 0 bridgehead atoms. The molecular weight excluding hydrogens is 256 g/mol. The van der Waals surface area contributed by atoms with E-state index in [-0.39, 0.29) is 6.04 Å². The maximum Gasteiger partial charge on any atom is 0.144 e. The zero-order valence-corrected chi connectivity index (χ0v) is 12.0. The number of aryl methyl sites for hydroxylation is 2. The molecule has 2 aromatic rings. The topological polar surface area (TPSA) is 74.7 Å². The minimum absolute atomic E-state index is 0.105. The first-order valence-corrected chi connectivity index (χ1v) is 6.82. The van der Waals surface area contributed by atoms with Gasteiger partial charge >= 0.3 is 0 Å². The molecule has 2 heterocycles. The Morgan fingerprint density at radius 2 is 2.16 bits per heavy atom. The highest BCUT2D eigenvalue weighted by molar-refractivity contribution is 7.12. The van der Waals surface area contributed by atoms with E-state index < -0.39 is 0 Å².